The highest BCUT2D eigenvalue weighted by Gasteiger charge is 2.13. The highest BCUT2D eigenvalue weighted by molar-refractivity contribution is 6.28. The van der Waals surface area contributed by atoms with Crippen LogP contribution in [0.15, 0.2) is 89.4 Å². The average Bonchev–Trinajstić information content (AvgIpc) is 3.22. The van der Waals surface area contributed by atoms with Crippen LogP contribution in [0.25, 0.3) is 50.3 Å². The highest BCUT2D eigenvalue weighted by Crippen LogP contribution is 2.32. The lowest BCUT2D eigenvalue weighted by atomic mass is 9.98. The van der Waals surface area contributed by atoms with Crippen molar-refractivity contribution in [2.75, 3.05) is 0 Å². The van der Waals surface area contributed by atoms with Crippen LogP contribution in [-0.4, -0.2) is 15.0 Å². The Morgan fingerprint density at radius 3 is 2.22 bits per heavy atom. The first kappa shape index (κ1) is 19.0. The van der Waals surface area contributed by atoms with Crippen molar-refractivity contribution in [3.63, 3.8) is 0 Å². The van der Waals surface area contributed by atoms with Crippen molar-refractivity contribution >= 4 is 39.1 Å². The van der Waals surface area contributed by atoms with Crippen molar-refractivity contribution in [3.05, 3.63) is 95.8 Å². The molecule has 0 atom stereocenters. The Kier molecular flexibility index (Phi) is 4.58. The molecule has 5 heteroatoms. The minimum Gasteiger partial charge on any atom is -0.456 e. The van der Waals surface area contributed by atoms with Crippen molar-refractivity contribution in [3.8, 4) is 22.8 Å². The van der Waals surface area contributed by atoms with Gasteiger partial charge < -0.3 is 4.42 Å². The van der Waals surface area contributed by atoms with E-state index in [0.29, 0.717) is 11.6 Å². The quantitative estimate of drug-likeness (QED) is 0.294. The first-order valence-electron chi connectivity index (χ1n) is 10.6. The summed E-state index contributed by atoms with van der Waals surface area (Å²) in [6.45, 7) is 0. The number of rotatable bonds is 3. The van der Waals surface area contributed by atoms with Gasteiger partial charge in [-0.1, -0.05) is 66.8 Å². The summed E-state index contributed by atoms with van der Waals surface area (Å²) < 4.78 is 6.02. The van der Waals surface area contributed by atoms with E-state index in [-0.39, 0.29) is 5.28 Å². The minimum absolute atomic E-state index is 0.164. The number of aromatic nitrogens is 3. The molecule has 0 radical (unpaired) electrons. The van der Waals surface area contributed by atoms with E-state index in [4.69, 9.17) is 21.0 Å². The monoisotopic (exact) mass is 435 g/mol. The smallest absolute Gasteiger partial charge is 0.226 e. The molecule has 2 aromatic heterocycles. The standard InChI is InChI=1S/C27H18ClN3O/c28-27-30-25(19-12-10-18(11-13-19)17-6-2-1-3-7-17)29-26(31-27)20-14-15-22-21-8-4-5-9-23(21)32-24(22)16-20/h2,4-16H,1,3H2. The summed E-state index contributed by atoms with van der Waals surface area (Å²) in [7, 11) is 0. The van der Waals surface area contributed by atoms with Crippen molar-refractivity contribution in [1.82, 2.24) is 15.0 Å². The third-order valence-corrected chi connectivity index (χ3v) is 5.89. The fourth-order valence-corrected chi connectivity index (χ4v) is 4.27. The van der Waals surface area contributed by atoms with E-state index in [1.807, 2.05) is 48.5 Å². The van der Waals surface area contributed by atoms with Crippen LogP contribution in [0.1, 0.15) is 18.4 Å². The number of furan rings is 1. The molecule has 32 heavy (non-hydrogen) atoms. The van der Waals surface area contributed by atoms with E-state index in [1.54, 1.807) is 0 Å². The van der Waals surface area contributed by atoms with Crippen LogP contribution in [0.4, 0.5) is 0 Å². The Bertz CT molecular complexity index is 1530. The topological polar surface area (TPSA) is 51.8 Å². The molecule has 3 aromatic carbocycles. The average molecular weight is 436 g/mol. The van der Waals surface area contributed by atoms with Gasteiger partial charge in [0.15, 0.2) is 11.6 Å². The van der Waals surface area contributed by atoms with Crippen molar-refractivity contribution in [1.29, 1.82) is 0 Å². The minimum atomic E-state index is 0.164. The van der Waals surface area contributed by atoms with Gasteiger partial charge in [0.25, 0.3) is 0 Å². The lowest BCUT2D eigenvalue weighted by Crippen LogP contribution is -1.97. The third kappa shape index (κ3) is 3.39. The zero-order valence-electron chi connectivity index (χ0n) is 17.1. The molecule has 4 nitrogen and oxygen atoms in total. The molecule has 154 valence electrons. The van der Waals surface area contributed by atoms with Gasteiger partial charge in [0, 0.05) is 21.9 Å². The van der Waals surface area contributed by atoms with Gasteiger partial charge >= 0.3 is 0 Å². The summed E-state index contributed by atoms with van der Waals surface area (Å²) in [5, 5.41) is 2.31. The maximum absolute atomic E-state index is 6.28. The van der Waals surface area contributed by atoms with Crippen LogP contribution < -0.4 is 0 Å². The number of hydrogen-bond acceptors (Lipinski definition) is 4. The Hall–Kier alpha value is -3.76. The molecular weight excluding hydrogens is 418 g/mol. The van der Waals surface area contributed by atoms with Gasteiger partial charge in [0.1, 0.15) is 11.2 Å². The van der Waals surface area contributed by atoms with E-state index in [0.717, 1.165) is 45.9 Å². The predicted molar refractivity (Wildman–Crippen MR) is 129 cm³/mol. The molecule has 0 saturated heterocycles. The van der Waals surface area contributed by atoms with E-state index in [9.17, 15) is 0 Å². The number of allylic oxidation sites excluding steroid dienone is 4. The van der Waals surface area contributed by atoms with E-state index >= 15 is 0 Å². The zero-order chi connectivity index (χ0) is 21.5. The molecule has 6 rings (SSSR count). The summed E-state index contributed by atoms with van der Waals surface area (Å²) in [6, 6.07) is 22.2. The third-order valence-electron chi connectivity index (χ3n) is 5.72. The van der Waals surface area contributed by atoms with Gasteiger partial charge in [-0.25, -0.2) is 4.98 Å². The molecule has 1 aliphatic carbocycles. The highest BCUT2D eigenvalue weighted by atomic mass is 35.5. The fraction of sp³-hybridized carbons (Fsp3) is 0.0741. The van der Waals surface area contributed by atoms with Gasteiger partial charge in [-0.05, 0) is 53.8 Å². The molecule has 2 heterocycles. The summed E-state index contributed by atoms with van der Waals surface area (Å²) in [6.07, 6.45) is 8.83. The van der Waals surface area contributed by atoms with Gasteiger partial charge in [0.05, 0.1) is 0 Å². The molecular formula is C27H18ClN3O. The summed E-state index contributed by atoms with van der Waals surface area (Å²) in [4.78, 5) is 13.4. The molecule has 0 saturated carbocycles. The molecule has 0 bridgehead atoms. The molecule has 1 aliphatic rings. The molecule has 0 spiro atoms. The van der Waals surface area contributed by atoms with Crippen molar-refractivity contribution in [2.24, 2.45) is 0 Å². The molecule has 0 unspecified atom stereocenters. The van der Waals surface area contributed by atoms with E-state index < -0.39 is 0 Å². The van der Waals surface area contributed by atoms with Crippen LogP contribution in [0.5, 0.6) is 0 Å². The maximum Gasteiger partial charge on any atom is 0.226 e. The predicted octanol–water partition coefficient (Wildman–Crippen LogP) is 7.49. The van der Waals surface area contributed by atoms with Crippen molar-refractivity contribution in [2.45, 2.75) is 12.8 Å². The number of halogens is 1. The fourth-order valence-electron chi connectivity index (χ4n) is 4.11. The number of para-hydroxylation sites is 1. The molecule has 0 fully saturated rings. The van der Waals surface area contributed by atoms with Crippen LogP contribution in [0, 0.1) is 0 Å². The molecule has 0 amide bonds. The van der Waals surface area contributed by atoms with Crippen LogP contribution in [0.2, 0.25) is 5.28 Å². The first-order valence-corrected chi connectivity index (χ1v) is 10.9. The summed E-state index contributed by atoms with van der Waals surface area (Å²) >= 11 is 6.28. The zero-order valence-corrected chi connectivity index (χ0v) is 17.9. The Labute approximate surface area is 189 Å². The normalized spacial score (nSPS) is 13.6. The van der Waals surface area contributed by atoms with Crippen molar-refractivity contribution < 1.29 is 4.42 Å². The molecule has 0 N–H and O–H groups in total. The molecule has 5 aromatic rings. The lowest BCUT2D eigenvalue weighted by molar-refractivity contribution is 0.669. The Morgan fingerprint density at radius 1 is 0.688 bits per heavy atom. The second kappa shape index (κ2) is 7.74. The lowest BCUT2D eigenvalue weighted by Gasteiger charge is -2.09. The van der Waals surface area contributed by atoms with Gasteiger partial charge in [-0.2, -0.15) is 9.97 Å². The second-order valence-electron chi connectivity index (χ2n) is 7.78. The Balaban J connectivity index is 1.39. The summed E-state index contributed by atoms with van der Waals surface area (Å²) in [5.41, 5.74) is 5.80. The van der Waals surface area contributed by atoms with E-state index in [2.05, 4.69) is 46.4 Å². The second-order valence-corrected chi connectivity index (χ2v) is 8.12. The largest absolute Gasteiger partial charge is 0.456 e. The number of benzene rings is 3. The first-order chi connectivity index (χ1) is 15.7. The van der Waals surface area contributed by atoms with Crippen LogP contribution >= 0.6 is 11.6 Å². The maximum atomic E-state index is 6.28. The molecule has 0 aliphatic heterocycles. The number of nitrogens with zero attached hydrogens (tertiary/aromatic N) is 3. The van der Waals surface area contributed by atoms with E-state index in [1.165, 1.54) is 11.1 Å². The van der Waals surface area contributed by atoms with Gasteiger partial charge in [0.2, 0.25) is 5.28 Å². The number of hydrogen-bond donors (Lipinski definition) is 0. The Morgan fingerprint density at radius 2 is 1.41 bits per heavy atom. The van der Waals surface area contributed by atoms with Crippen LogP contribution in [0.3, 0.4) is 0 Å². The number of fused-ring (bicyclic) bond motifs is 3. The SMILES string of the molecule is Clc1nc(-c2ccc(C3=CCCC=C3)cc2)nc(-c2ccc3c(c2)oc2ccccc23)n1. The van der Waals surface area contributed by atoms with Gasteiger partial charge in [-0.3, -0.25) is 0 Å². The summed E-state index contributed by atoms with van der Waals surface area (Å²) in [5.74, 6) is 1.06. The van der Waals surface area contributed by atoms with Gasteiger partial charge in [-0.15, -0.1) is 0 Å². The van der Waals surface area contributed by atoms with Crippen LogP contribution in [-0.2, 0) is 0 Å².